The fourth-order valence-electron chi connectivity index (χ4n) is 3.03. The van der Waals surface area contributed by atoms with Gasteiger partial charge in [-0.05, 0) is 18.2 Å². The Balaban J connectivity index is 1.97. The third-order valence-electron chi connectivity index (χ3n) is 4.45. The van der Waals surface area contributed by atoms with Crippen molar-refractivity contribution in [2.45, 2.75) is 5.92 Å². The first-order valence-corrected chi connectivity index (χ1v) is 9.03. The second-order valence-corrected chi connectivity index (χ2v) is 7.02. The summed E-state index contributed by atoms with van der Waals surface area (Å²) in [6, 6.07) is 13.5. The number of fused-ring (bicyclic) bond motifs is 1. The maximum absolute atomic E-state index is 14.9. The Morgan fingerprint density at radius 1 is 1.14 bits per heavy atom. The van der Waals surface area contributed by atoms with Gasteiger partial charge in [-0.25, -0.2) is 4.98 Å². The molecule has 29 heavy (non-hydrogen) atoms. The number of hydrogen-bond acceptors (Lipinski definition) is 3. The molecule has 5 nitrogen and oxygen atoms in total. The van der Waals surface area contributed by atoms with E-state index in [1.807, 2.05) is 6.07 Å². The fraction of sp³-hybridized carbons (Fsp3) is 0.0500. The molecule has 0 aliphatic rings. The number of H-pyrrole nitrogens is 1. The third kappa shape index (κ3) is 3.07. The van der Waals surface area contributed by atoms with Crippen LogP contribution in [0.5, 0.6) is 0 Å². The van der Waals surface area contributed by atoms with Gasteiger partial charge in [-0.2, -0.15) is 18.6 Å². The van der Waals surface area contributed by atoms with Gasteiger partial charge in [0.1, 0.15) is 17.2 Å². The summed E-state index contributed by atoms with van der Waals surface area (Å²) in [6.45, 7) is 0. The summed E-state index contributed by atoms with van der Waals surface area (Å²) >= 11 is 12.1. The van der Waals surface area contributed by atoms with Crippen LogP contribution < -0.4 is 5.56 Å². The predicted octanol–water partition coefficient (Wildman–Crippen LogP) is 5.01. The van der Waals surface area contributed by atoms with E-state index in [-0.39, 0.29) is 27.5 Å². The van der Waals surface area contributed by atoms with Gasteiger partial charge in [0, 0.05) is 22.3 Å². The monoisotopic (exact) mass is 430 g/mol. The minimum atomic E-state index is -3.57. The number of nitrogens with one attached hydrogen (secondary N) is 1. The van der Waals surface area contributed by atoms with Crippen molar-refractivity contribution in [1.29, 1.82) is 5.26 Å². The van der Waals surface area contributed by atoms with E-state index in [1.165, 1.54) is 30.3 Å². The van der Waals surface area contributed by atoms with Crippen molar-refractivity contribution in [2.75, 3.05) is 0 Å². The van der Waals surface area contributed by atoms with E-state index in [0.29, 0.717) is 10.6 Å². The van der Waals surface area contributed by atoms with Gasteiger partial charge in [0.25, 0.3) is 5.56 Å². The van der Waals surface area contributed by atoms with Crippen molar-refractivity contribution in [3.05, 3.63) is 91.8 Å². The number of alkyl halides is 2. The minimum Gasteiger partial charge on any atom is -0.287 e. The molecule has 0 amide bonds. The Morgan fingerprint density at radius 2 is 1.86 bits per heavy atom. The highest BCUT2D eigenvalue weighted by Crippen LogP contribution is 2.35. The highest BCUT2D eigenvalue weighted by Gasteiger charge is 2.38. The summed E-state index contributed by atoms with van der Waals surface area (Å²) in [4.78, 5) is 16.8. The number of rotatable bonds is 3. The molecule has 0 bridgehead atoms. The van der Waals surface area contributed by atoms with E-state index in [2.05, 4.69) is 10.1 Å². The van der Waals surface area contributed by atoms with Crippen molar-refractivity contribution < 1.29 is 8.78 Å². The Kier molecular flexibility index (Phi) is 4.61. The van der Waals surface area contributed by atoms with Gasteiger partial charge < -0.3 is 0 Å². The Labute approximate surface area is 172 Å². The van der Waals surface area contributed by atoms with Crippen LogP contribution in [0.1, 0.15) is 16.7 Å². The number of aromatic nitrogens is 3. The van der Waals surface area contributed by atoms with E-state index in [1.54, 1.807) is 18.2 Å². The lowest BCUT2D eigenvalue weighted by molar-refractivity contribution is 0.0406. The van der Waals surface area contributed by atoms with Gasteiger partial charge >= 0.3 is 5.92 Å². The molecular weight excluding hydrogens is 421 g/mol. The van der Waals surface area contributed by atoms with Crippen LogP contribution in [0.25, 0.3) is 16.9 Å². The van der Waals surface area contributed by atoms with E-state index < -0.39 is 17.0 Å². The first kappa shape index (κ1) is 19.1. The summed E-state index contributed by atoms with van der Waals surface area (Å²) in [5, 5.41) is 12.9. The van der Waals surface area contributed by atoms with Crippen LogP contribution in [0.2, 0.25) is 10.0 Å². The van der Waals surface area contributed by atoms with E-state index >= 15 is 0 Å². The lowest BCUT2D eigenvalue weighted by Gasteiger charge is -2.15. The molecule has 2 aromatic heterocycles. The van der Waals surface area contributed by atoms with Crippen LogP contribution in [-0.2, 0) is 5.92 Å². The van der Waals surface area contributed by atoms with Gasteiger partial charge in [-0.1, -0.05) is 53.5 Å². The third-order valence-corrected chi connectivity index (χ3v) is 4.99. The van der Waals surface area contributed by atoms with Crippen LogP contribution in [0.15, 0.2) is 59.5 Å². The molecule has 0 atom stereocenters. The van der Waals surface area contributed by atoms with Crippen molar-refractivity contribution in [3.8, 4) is 17.3 Å². The molecule has 4 rings (SSSR count). The highest BCUT2D eigenvalue weighted by molar-refractivity contribution is 6.36. The molecule has 9 heteroatoms. The zero-order valence-electron chi connectivity index (χ0n) is 14.5. The van der Waals surface area contributed by atoms with Crippen molar-refractivity contribution in [1.82, 2.24) is 14.6 Å². The molecule has 0 saturated carbocycles. The van der Waals surface area contributed by atoms with Gasteiger partial charge in [0.05, 0.1) is 10.7 Å². The Bertz CT molecular complexity index is 1340. The summed E-state index contributed by atoms with van der Waals surface area (Å²) in [6.07, 6.45) is 0.798. The maximum Gasteiger partial charge on any atom is 0.305 e. The minimum absolute atomic E-state index is 0.000833. The van der Waals surface area contributed by atoms with E-state index in [4.69, 9.17) is 23.2 Å². The predicted molar refractivity (Wildman–Crippen MR) is 105 cm³/mol. The summed E-state index contributed by atoms with van der Waals surface area (Å²) in [7, 11) is 0. The lowest BCUT2D eigenvalue weighted by Crippen LogP contribution is -2.29. The molecule has 2 aromatic carbocycles. The largest absolute Gasteiger partial charge is 0.305 e. The topological polar surface area (TPSA) is 73.9 Å². The number of benzene rings is 2. The summed E-state index contributed by atoms with van der Waals surface area (Å²) in [5.74, 6) is -3.57. The van der Waals surface area contributed by atoms with Gasteiger partial charge in [0.2, 0.25) is 0 Å². The molecule has 4 aromatic rings. The SMILES string of the molecule is N#Cc1c(-c2ccc(Cl)cc2Cl)[nH]n2c(=O)c(C(F)(F)c3ccccc3)cnc12. The van der Waals surface area contributed by atoms with Crippen molar-refractivity contribution >= 4 is 28.8 Å². The Morgan fingerprint density at radius 3 is 2.52 bits per heavy atom. The second-order valence-electron chi connectivity index (χ2n) is 6.17. The number of hydrogen-bond donors (Lipinski definition) is 1. The van der Waals surface area contributed by atoms with Crippen LogP contribution in [0.3, 0.4) is 0 Å². The molecule has 2 heterocycles. The van der Waals surface area contributed by atoms with E-state index in [9.17, 15) is 18.8 Å². The molecule has 0 fully saturated rings. The first-order valence-electron chi connectivity index (χ1n) is 8.27. The first-order chi connectivity index (χ1) is 13.8. The van der Waals surface area contributed by atoms with Crippen LogP contribution >= 0.6 is 23.2 Å². The van der Waals surface area contributed by atoms with Gasteiger partial charge in [0.15, 0.2) is 5.65 Å². The lowest BCUT2D eigenvalue weighted by atomic mass is 10.0. The number of nitriles is 1. The molecule has 0 radical (unpaired) electrons. The molecule has 144 valence electrons. The number of aromatic amines is 1. The normalized spacial score (nSPS) is 11.6. The molecular formula is C20H10Cl2F2N4O. The average molecular weight is 431 g/mol. The van der Waals surface area contributed by atoms with Gasteiger partial charge in [-0.15, -0.1) is 0 Å². The standard InChI is InChI=1S/C20H10Cl2F2N4O/c21-12-6-7-13(16(22)8-12)17-14(9-25)18-26-10-15(19(29)28(18)27-17)20(23,24)11-4-2-1-3-5-11/h1-8,10,27H. The number of nitrogens with zero attached hydrogens (tertiary/aromatic N) is 3. The Hall–Kier alpha value is -3.21. The maximum atomic E-state index is 14.9. The molecule has 0 saturated heterocycles. The van der Waals surface area contributed by atoms with Crippen LogP contribution in [0.4, 0.5) is 8.78 Å². The second kappa shape index (κ2) is 6.99. The van der Waals surface area contributed by atoms with Gasteiger partial charge in [-0.3, -0.25) is 9.89 Å². The highest BCUT2D eigenvalue weighted by atomic mass is 35.5. The molecule has 1 N–H and O–H groups in total. The zero-order valence-corrected chi connectivity index (χ0v) is 16.0. The molecule has 0 aliphatic heterocycles. The summed E-state index contributed by atoms with van der Waals surface area (Å²) < 4.78 is 30.7. The fourth-order valence-corrected chi connectivity index (χ4v) is 3.53. The quantitative estimate of drug-likeness (QED) is 0.496. The van der Waals surface area contributed by atoms with Crippen molar-refractivity contribution in [3.63, 3.8) is 0 Å². The summed E-state index contributed by atoms with van der Waals surface area (Å²) in [5.41, 5.74) is -1.69. The molecule has 0 unspecified atom stereocenters. The van der Waals surface area contributed by atoms with Crippen LogP contribution in [-0.4, -0.2) is 14.6 Å². The zero-order chi connectivity index (χ0) is 20.8. The smallest absolute Gasteiger partial charge is 0.287 e. The van der Waals surface area contributed by atoms with Crippen LogP contribution in [0, 0.1) is 11.3 Å². The average Bonchev–Trinajstić information content (AvgIpc) is 3.08. The van der Waals surface area contributed by atoms with Crippen molar-refractivity contribution in [2.24, 2.45) is 0 Å². The number of halogens is 4. The van der Waals surface area contributed by atoms with E-state index in [0.717, 1.165) is 10.7 Å². The molecule has 0 aliphatic carbocycles. The molecule has 0 spiro atoms.